The Morgan fingerprint density at radius 3 is 2.38 bits per heavy atom. The molecule has 0 bridgehead atoms. The number of ether oxygens (including phenoxy) is 1. The summed E-state index contributed by atoms with van der Waals surface area (Å²) in [5, 5.41) is 26.1. The number of halogens is 1. The Balaban J connectivity index is 1.39. The van der Waals surface area contributed by atoms with Gasteiger partial charge in [0.2, 0.25) is 5.91 Å². The number of carbonyl (C=O) groups is 5. The predicted octanol–water partition coefficient (Wildman–Crippen LogP) is 1.97. The lowest BCUT2D eigenvalue weighted by molar-refractivity contribution is -0.181. The minimum atomic E-state index is -2.79. The fraction of sp³-hybridized carbons (Fsp3) is 0.361. The number of rotatable bonds is 8. The zero-order chi connectivity index (χ0) is 34.7. The smallest absolute Gasteiger partial charge is 0.235 e. The van der Waals surface area contributed by atoms with Gasteiger partial charge in [-0.3, -0.25) is 28.9 Å². The Morgan fingerprint density at radius 1 is 1.02 bits per heavy atom. The van der Waals surface area contributed by atoms with Gasteiger partial charge in [0.05, 0.1) is 24.6 Å². The van der Waals surface area contributed by atoms with Gasteiger partial charge < -0.3 is 26.0 Å². The summed E-state index contributed by atoms with van der Waals surface area (Å²) < 4.78 is 19.3. The molecule has 0 spiro atoms. The predicted molar refractivity (Wildman–Crippen MR) is 170 cm³/mol. The first-order valence-electron chi connectivity index (χ1n) is 15.6. The molecule has 3 aliphatic rings. The summed E-state index contributed by atoms with van der Waals surface area (Å²) in [6.45, 7) is 0.846. The summed E-state index contributed by atoms with van der Waals surface area (Å²) in [5.41, 5.74) is 5.82. The maximum absolute atomic E-state index is 14.2. The number of amides is 1. The molecule has 1 amide bonds. The molecule has 0 radical (unpaired) electrons. The van der Waals surface area contributed by atoms with Crippen molar-refractivity contribution in [1.29, 1.82) is 0 Å². The van der Waals surface area contributed by atoms with E-state index < -0.39 is 64.4 Å². The van der Waals surface area contributed by atoms with Crippen LogP contribution < -0.4 is 15.8 Å². The molecule has 3 aromatic carbocycles. The van der Waals surface area contributed by atoms with Gasteiger partial charge in [-0.15, -0.1) is 0 Å². The van der Waals surface area contributed by atoms with E-state index in [2.05, 4.69) is 5.32 Å². The van der Waals surface area contributed by atoms with Crippen molar-refractivity contribution in [1.82, 2.24) is 10.2 Å². The number of ketones is 4. The first-order valence-corrected chi connectivity index (χ1v) is 15.6. The second-order valence-corrected chi connectivity index (χ2v) is 13.0. The summed E-state index contributed by atoms with van der Waals surface area (Å²) in [6, 6.07) is 13.6. The van der Waals surface area contributed by atoms with Crippen molar-refractivity contribution < 1.29 is 43.3 Å². The number of nitrogens with zero attached hydrogens (tertiary/aromatic N) is 1. The average Bonchev–Trinajstić information content (AvgIpc) is 3.02. The Labute approximate surface area is 275 Å². The standard InChI is InChI=1S/C36H36FN3O8/c1-40(2)30-24-14-19-13-23-21(22-12-18(7-10-26(22)48-3)16-39-15-17-5-4-6-20(37)11-17)8-9-25(41)28(23)31(42)27(19)33(44)36(24,47)34(45)29(32(30)43)35(38)46/h4-12,19,24,27,29-30,39,41,47H,13-16H2,1-3H3,(H2,38,46)/t19-,24-,27?,29?,30?,36-/m1/s1. The highest BCUT2D eigenvalue weighted by Crippen LogP contribution is 2.52. The lowest BCUT2D eigenvalue weighted by Crippen LogP contribution is -2.74. The number of carbonyl (C=O) groups excluding carboxylic acids is 5. The zero-order valence-corrected chi connectivity index (χ0v) is 26.7. The van der Waals surface area contributed by atoms with Gasteiger partial charge >= 0.3 is 0 Å². The van der Waals surface area contributed by atoms with Crippen molar-refractivity contribution in [3.8, 4) is 22.6 Å². The second-order valence-electron chi connectivity index (χ2n) is 13.0. The van der Waals surface area contributed by atoms with Crippen LogP contribution in [0.15, 0.2) is 54.6 Å². The molecule has 250 valence electrons. The van der Waals surface area contributed by atoms with Crippen LogP contribution in [0, 0.1) is 29.5 Å². The van der Waals surface area contributed by atoms with Gasteiger partial charge in [-0.05, 0) is 85.4 Å². The summed E-state index contributed by atoms with van der Waals surface area (Å²) in [4.78, 5) is 68.8. The number of hydrogen-bond acceptors (Lipinski definition) is 10. The summed E-state index contributed by atoms with van der Waals surface area (Å²) >= 11 is 0. The lowest BCUT2D eigenvalue weighted by atomic mass is 9.52. The second kappa shape index (κ2) is 12.3. The molecular weight excluding hydrogens is 621 g/mol. The third kappa shape index (κ3) is 5.20. The van der Waals surface area contributed by atoms with Crippen LogP contribution in [-0.4, -0.2) is 77.0 Å². The van der Waals surface area contributed by atoms with Crippen LogP contribution in [0.4, 0.5) is 4.39 Å². The molecule has 3 aromatic rings. The number of likely N-dealkylation sites (N-methyl/N-ethyl adjacent to an activating group) is 1. The van der Waals surface area contributed by atoms with Gasteiger partial charge in [0, 0.05) is 24.6 Å². The van der Waals surface area contributed by atoms with Crippen LogP contribution in [0.2, 0.25) is 0 Å². The number of phenols is 1. The van der Waals surface area contributed by atoms with E-state index in [1.165, 1.54) is 44.3 Å². The van der Waals surface area contributed by atoms with Gasteiger partial charge in [-0.2, -0.15) is 0 Å². The monoisotopic (exact) mass is 657 g/mol. The fourth-order valence-corrected chi connectivity index (χ4v) is 7.93. The van der Waals surface area contributed by atoms with Crippen LogP contribution in [-0.2, 0) is 38.7 Å². The number of phenolic OH excluding ortho intramolecular Hbond substituents is 1. The van der Waals surface area contributed by atoms with Crippen molar-refractivity contribution in [2.24, 2.45) is 29.4 Å². The first kappa shape index (κ1) is 33.1. The number of methoxy groups -OCH3 is 1. The Hall–Kier alpha value is -4.78. The van der Waals surface area contributed by atoms with E-state index in [0.717, 1.165) is 11.1 Å². The van der Waals surface area contributed by atoms with E-state index >= 15 is 0 Å². The summed E-state index contributed by atoms with van der Waals surface area (Å²) in [5.74, 6) is -10.9. The number of aromatic hydroxyl groups is 1. The molecule has 0 saturated heterocycles. The van der Waals surface area contributed by atoms with Gasteiger partial charge in [0.25, 0.3) is 0 Å². The quantitative estimate of drug-likeness (QED) is 0.262. The SMILES string of the molecule is COc1ccc(CNCc2cccc(F)c2)cc1-c1ccc(O)c2c1C[C@@H]1C[C@@H]3C(N(C)C)C(=O)C(C(N)=O)C(=O)[C@]3(O)C(=O)C1C2=O. The molecule has 3 aliphatic carbocycles. The van der Waals surface area contributed by atoms with Crippen LogP contribution in [0.1, 0.15) is 33.5 Å². The van der Waals surface area contributed by atoms with Crippen molar-refractivity contribution in [2.75, 3.05) is 21.2 Å². The normalized spacial score (nSPS) is 26.6. The average molecular weight is 658 g/mol. The highest BCUT2D eigenvalue weighted by Gasteiger charge is 2.69. The highest BCUT2D eigenvalue weighted by atomic mass is 19.1. The van der Waals surface area contributed by atoms with E-state index in [0.29, 0.717) is 35.5 Å². The van der Waals surface area contributed by atoms with Crippen molar-refractivity contribution in [3.63, 3.8) is 0 Å². The maximum atomic E-state index is 14.2. The van der Waals surface area contributed by atoms with E-state index in [1.54, 1.807) is 18.2 Å². The number of nitrogens with two attached hydrogens (primary N) is 1. The number of aliphatic hydroxyl groups is 1. The minimum Gasteiger partial charge on any atom is -0.507 e. The van der Waals surface area contributed by atoms with Crippen LogP contribution in [0.5, 0.6) is 11.5 Å². The van der Waals surface area contributed by atoms with Gasteiger partial charge in [-0.25, -0.2) is 4.39 Å². The Kier molecular flexibility index (Phi) is 8.52. The molecule has 6 atom stereocenters. The topological polar surface area (TPSA) is 176 Å². The largest absolute Gasteiger partial charge is 0.507 e. The fourth-order valence-electron chi connectivity index (χ4n) is 7.93. The van der Waals surface area contributed by atoms with Crippen LogP contribution in [0.3, 0.4) is 0 Å². The number of Topliss-reactive ketones (excluding diaryl/α,β-unsaturated/α-hetero) is 4. The molecule has 6 rings (SSSR count). The van der Waals surface area contributed by atoms with Gasteiger partial charge in [-0.1, -0.05) is 24.3 Å². The Bertz CT molecular complexity index is 1880. The summed E-state index contributed by atoms with van der Waals surface area (Å²) in [6.07, 6.45) is 0.0565. The van der Waals surface area contributed by atoms with E-state index in [4.69, 9.17) is 10.5 Å². The molecule has 0 heterocycles. The number of fused-ring (bicyclic) bond motifs is 3. The van der Waals surface area contributed by atoms with Crippen molar-refractivity contribution in [2.45, 2.75) is 37.6 Å². The maximum Gasteiger partial charge on any atom is 0.235 e. The van der Waals surface area contributed by atoms with Gasteiger partial charge in [0.15, 0.2) is 34.7 Å². The zero-order valence-electron chi connectivity index (χ0n) is 26.7. The number of nitrogens with one attached hydrogen (secondary N) is 1. The number of hydrogen-bond donors (Lipinski definition) is 4. The molecular formula is C36H36FN3O8. The Morgan fingerprint density at radius 2 is 1.73 bits per heavy atom. The van der Waals surface area contributed by atoms with Crippen LogP contribution in [0.25, 0.3) is 11.1 Å². The molecule has 3 unspecified atom stereocenters. The van der Waals surface area contributed by atoms with E-state index in [1.807, 2.05) is 18.2 Å². The lowest BCUT2D eigenvalue weighted by Gasteiger charge is -2.52. The number of primary amides is 1. The molecule has 12 heteroatoms. The number of benzene rings is 3. The van der Waals surface area contributed by atoms with E-state index in [9.17, 15) is 38.6 Å². The first-order chi connectivity index (χ1) is 22.8. The van der Waals surface area contributed by atoms with Crippen molar-refractivity contribution in [3.05, 3.63) is 82.7 Å². The van der Waals surface area contributed by atoms with E-state index in [-0.39, 0.29) is 30.0 Å². The minimum absolute atomic E-state index is 0.0554. The molecule has 2 saturated carbocycles. The molecule has 5 N–H and O–H groups in total. The van der Waals surface area contributed by atoms with Crippen molar-refractivity contribution >= 4 is 29.0 Å². The molecule has 48 heavy (non-hydrogen) atoms. The third-order valence-electron chi connectivity index (χ3n) is 10.0. The molecule has 11 nitrogen and oxygen atoms in total. The van der Waals surface area contributed by atoms with Crippen LogP contribution >= 0.6 is 0 Å². The third-order valence-corrected chi connectivity index (χ3v) is 10.0. The summed E-state index contributed by atoms with van der Waals surface area (Å²) in [7, 11) is 4.58. The van der Waals surface area contributed by atoms with Gasteiger partial charge in [0.1, 0.15) is 17.3 Å². The highest BCUT2D eigenvalue weighted by molar-refractivity contribution is 6.32. The molecule has 0 aromatic heterocycles. The molecule has 0 aliphatic heterocycles. The molecule has 2 fully saturated rings.